The van der Waals surface area contributed by atoms with Crippen LogP contribution >= 0.6 is 11.3 Å². The van der Waals surface area contributed by atoms with Crippen molar-refractivity contribution in [3.63, 3.8) is 0 Å². The molecular weight excluding hydrogens is 281 g/mol. The topological polar surface area (TPSA) is 53.4 Å². The second-order valence-corrected chi connectivity index (χ2v) is 4.78. The minimum Gasteiger partial charge on any atom is -0.480 e. The lowest BCUT2D eigenvalue weighted by atomic mass is 10.3. The highest BCUT2D eigenvalue weighted by atomic mass is 32.1. The number of carboxylic acids is 1. The molecule has 0 radical (unpaired) electrons. The number of alkyl halides is 3. The standard InChI is InChI=1S/C11H9F3N2O2S/c12-11(13,14)6-16(5-9(17)18)10-7-2-4-19-8(7)1-3-15-10/h1-4H,5-6H2,(H,17,18). The van der Waals surface area contributed by atoms with E-state index in [4.69, 9.17) is 5.11 Å². The molecule has 4 nitrogen and oxygen atoms in total. The van der Waals surface area contributed by atoms with E-state index in [0.717, 1.165) is 9.60 Å². The molecule has 0 aliphatic rings. The molecule has 2 aromatic rings. The van der Waals surface area contributed by atoms with Gasteiger partial charge in [0.2, 0.25) is 0 Å². The van der Waals surface area contributed by atoms with Crippen molar-refractivity contribution in [3.8, 4) is 0 Å². The molecule has 0 unspecified atom stereocenters. The van der Waals surface area contributed by atoms with Crippen LogP contribution in [0.2, 0.25) is 0 Å². The van der Waals surface area contributed by atoms with Gasteiger partial charge in [-0.05, 0) is 17.5 Å². The Morgan fingerprint density at radius 1 is 1.42 bits per heavy atom. The predicted molar refractivity (Wildman–Crippen MR) is 65.5 cm³/mol. The number of rotatable bonds is 4. The summed E-state index contributed by atoms with van der Waals surface area (Å²) in [6, 6.07) is 3.31. The van der Waals surface area contributed by atoms with Gasteiger partial charge >= 0.3 is 12.1 Å². The van der Waals surface area contributed by atoms with E-state index in [1.807, 2.05) is 0 Å². The van der Waals surface area contributed by atoms with Crippen LogP contribution in [0, 0.1) is 0 Å². The third kappa shape index (κ3) is 3.34. The number of aliphatic carboxylic acids is 1. The predicted octanol–water partition coefficient (Wildman–Crippen LogP) is 2.75. The highest BCUT2D eigenvalue weighted by molar-refractivity contribution is 7.17. The lowest BCUT2D eigenvalue weighted by molar-refractivity contribution is -0.136. The van der Waals surface area contributed by atoms with Gasteiger partial charge in [-0.1, -0.05) is 0 Å². The van der Waals surface area contributed by atoms with Gasteiger partial charge in [-0.25, -0.2) is 4.98 Å². The molecule has 0 saturated heterocycles. The summed E-state index contributed by atoms with van der Waals surface area (Å²) in [5.74, 6) is -1.29. The zero-order valence-corrected chi connectivity index (χ0v) is 10.3. The minimum atomic E-state index is -4.49. The van der Waals surface area contributed by atoms with Crippen LogP contribution in [-0.2, 0) is 4.79 Å². The van der Waals surface area contributed by atoms with E-state index in [1.165, 1.54) is 17.5 Å². The molecule has 0 atom stereocenters. The quantitative estimate of drug-likeness (QED) is 0.940. The number of hydrogen-bond acceptors (Lipinski definition) is 4. The number of halogens is 3. The fraction of sp³-hybridized carbons (Fsp3) is 0.273. The van der Waals surface area contributed by atoms with Gasteiger partial charge in [-0.3, -0.25) is 4.79 Å². The molecule has 0 spiro atoms. The molecule has 2 heterocycles. The van der Waals surface area contributed by atoms with Crippen LogP contribution in [0.15, 0.2) is 23.7 Å². The first-order chi connectivity index (χ1) is 8.87. The highest BCUT2D eigenvalue weighted by Gasteiger charge is 2.32. The normalized spacial score (nSPS) is 11.7. The Kier molecular flexibility index (Phi) is 3.61. The maximum absolute atomic E-state index is 12.5. The number of anilines is 1. The Hall–Kier alpha value is -1.83. The van der Waals surface area contributed by atoms with E-state index >= 15 is 0 Å². The van der Waals surface area contributed by atoms with Gasteiger partial charge in [0.15, 0.2) is 0 Å². The summed E-state index contributed by atoms with van der Waals surface area (Å²) in [6.45, 7) is -2.09. The molecule has 1 N–H and O–H groups in total. The van der Waals surface area contributed by atoms with Crippen LogP contribution in [0.25, 0.3) is 10.1 Å². The van der Waals surface area contributed by atoms with Crippen molar-refractivity contribution in [3.05, 3.63) is 23.7 Å². The molecule has 8 heteroatoms. The molecule has 0 aliphatic carbocycles. The summed E-state index contributed by atoms with van der Waals surface area (Å²) in [4.78, 5) is 15.3. The third-order valence-corrected chi connectivity index (χ3v) is 3.24. The van der Waals surface area contributed by atoms with E-state index in [2.05, 4.69) is 4.98 Å². The van der Waals surface area contributed by atoms with E-state index in [1.54, 1.807) is 17.5 Å². The lowest BCUT2D eigenvalue weighted by Gasteiger charge is -2.23. The van der Waals surface area contributed by atoms with Gasteiger partial charge in [0.1, 0.15) is 18.9 Å². The van der Waals surface area contributed by atoms with Crippen LogP contribution in [0.3, 0.4) is 0 Å². The van der Waals surface area contributed by atoms with Crippen molar-refractivity contribution in [2.75, 3.05) is 18.0 Å². The van der Waals surface area contributed by atoms with E-state index in [0.29, 0.717) is 5.39 Å². The lowest BCUT2D eigenvalue weighted by Crippen LogP contribution is -2.38. The first-order valence-corrected chi connectivity index (χ1v) is 6.10. The third-order valence-electron chi connectivity index (χ3n) is 2.35. The summed E-state index contributed by atoms with van der Waals surface area (Å²) in [7, 11) is 0. The molecule has 19 heavy (non-hydrogen) atoms. The van der Waals surface area contributed by atoms with Gasteiger partial charge in [0.25, 0.3) is 0 Å². The second kappa shape index (κ2) is 5.04. The summed E-state index contributed by atoms with van der Waals surface area (Å²) < 4.78 is 38.3. The number of aromatic nitrogens is 1. The molecular formula is C11H9F3N2O2S. The Labute approximate surface area is 110 Å². The van der Waals surface area contributed by atoms with Crippen LogP contribution in [0.5, 0.6) is 0 Å². The number of hydrogen-bond donors (Lipinski definition) is 1. The monoisotopic (exact) mass is 290 g/mol. The molecule has 0 fully saturated rings. The molecule has 0 aliphatic heterocycles. The molecule has 0 saturated carbocycles. The van der Waals surface area contributed by atoms with E-state index in [9.17, 15) is 18.0 Å². The average Bonchev–Trinajstić information content (AvgIpc) is 2.72. The highest BCUT2D eigenvalue weighted by Crippen LogP contribution is 2.30. The SMILES string of the molecule is O=C(O)CN(CC(F)(F)F)c1nccc2sccc12. The second-order valence-electron chi connectivity index (χ2n) is 3.83. The zero-order valence-electron chi connectivity index (χ0n) is 9.52. The number of nitrogens with zero attached hydrogens (tertiary/aromatic N) is 2. The number of carbonyl (C=O) groups is 1. The van der Waals surface area contributed by atoms with Crippen molar-refractivity contribution in [2.24, 2.45) is 0 Å². The van der Waals surface area contributed by atoms with Gasteiger partial charge in [-0.2, -0.15) is 13.2 Å². The van der Waals surface area contributed by atoms with Gasteiger partial charge < -0.3 is 10.0 Å². The largest absolute Gasteiger partial charge is 0.480 e. The number of pyridine rings is 1. The zero-order chi connectivity index (χ0) is 14.0. The number of carboxylic acid groups (broad SMARTS) is 1. The maximum atomic E-state index is 12.5. The van der Waals surface area contributed by atoms with Crippen molar-refractivity contribution in [2.45, 2.75) is 6.18 Å². The Balaban J connectivity index is 2.42. The fourth-order valence-corrected chi connectivity index (χ4v) is 2.49. The molecule has 0 bridgehead atoms. The Morgan fingerprint density at radius 3 is 2.79 bits per heavy atom. The van der Waals surface area contributed by atoms with Gasteiger partial charge in [-0.15, -0.1) is 11.3 Å². The minimum absolute atomic E-state index is 0.0403. The summed E-state index contributed by atoms with van der Waals surface area (Å²) in [5.41, 5.74) is 0. The Morgan fingerprint density at radius 2 is 2.16 bits per heavy atom. The summed E-state index contributed by atoms with van der Waals surface area (Å²) in [5, 5.41) is 11.0. The summed E-state index contributed by atoms with van der Waals surface area (Å²) >= 11 is 1.36. The van der Waals surface area contributed by atoms with Gasteiger partial charge in [0, 0.05) is 16.3 Å². The van der Waals surface area contributed by atoms with Crippen molar-refractivity contribution >= 4 is 33.2 Å². The van der Waals surface area contributed by atoms with Crippen LogP contribution in [0.4, 0.5) is 19.0 Å². The molecule has 2 rings (SSSR count). The van der Waals surface area contributed by atoms with Gasteiger partial charge in [0.05, 0.1) is 0 Å². The molecule has 0 aromatic carbocycles. The van der Waals surface area contributed by atoms with Crippen molar-refractivity contribution in [1.29, 1.82) is 0 Å². The van der Waals surface area contributed by atoms with Crippen LogP contribution in [-0.4, -0.2) is 35.3 Å². The molecule has 2 aromatic heterocycles. The van der Waals surface area contributed by atoms with Crippen LogP contribution < -0.4 is 4.90 Å². The molecule has 102 valence electrons. The fourth-order valence-electron chi connectivity index (χ4n) is 1.72. The average molecular weight is 290 g/mol. The van der Waals surface area contributed by atoms with E-state index < -0.39 is 25.2 Å². The number of fused-ring (bicyclic) bond motifs is 1. The first kappa shape index (κ1) is 13.6. The first-order valence-electron chi connectivity index (χ1n) is 5.22. The maximum Gasteiger partial charge on any atom is 0.405 e. The summed E-state index contributed by atoms with van der Waals surface area (Å²) in [6.07, 6.45) is -3.12. The molecule has 0 amide bonds. The van der Waals surface area contributed by atoms with E-state index in [-0.39, 0.29) is 5.82 Å². The smallest absolute Gasteiger partial charge is 0.405 e. The van der Waals surface area contributed by atoms with Crippen molar-refractivity contribution < 1.29 is 23.1 Å². The van der Waals surface area contributed by atoms with Crippen LogP contribution in [0.1, 0.15) is 0 Å². The Bertz CT molecular complexity index is 597. The number of thiophene rings is 1. The van der Waals surface area contributed by atoms with Crippen molar-refractivity contribution in [1.82, 2.24) is 4.98 Å².